The molecule has 0 saturated carbocycles. The number of amides is 3. The summed E-state index contributed by atoms with van der Waals surface area (Å²) < 4.78 is 13.6. The van der Waals surface area contributed by atoms with E-state index in [4.69, 9.17) is 11.6 Å². The van der Waals surface area contributed by atoms with Crippen LogP contribution in [0.3, 0.4) is 0 Å². The van der Waals surface area contributed by atoms with Crippen LogP contribution in [-0.2, 0) is 4.79 Å². The van der Waals surface area contributed by atoms with Crippen molar-refractivity contribution in [1.82, 2.24) is 10.9 Å². The van der Waals surface area contributed by atoms with Crippen molar-refractivity contribution in [2.75, 3.05) is 11.4 Å². The van der Waals surface area contributed by atoms with Crippen LogP contribution in [0, 0.1) is 5.82 Å². The lowest BCUT2D eigenvalue weighted by molar-refractivity contribution is -0.117. The largest absolute Gasteiger partial charge is 0.312 e. The summed E-state index contributed by atoms with van der Waals surface area (Å²) in [5, 5.41) is 0.381. The van der Waals surface area contributed by atoms with Crippen LogP contribution in [0.25, 0.3) is 0 Å². The first-order chi connectivity index (χ1) is 12.5. The van der Waals surface area contributed by atoms with Crippen LogP contribution < -0.4 is 15.8 Å². The quantitative estimate of drug-likeness (QED) is 0.809. The highest BCUT2D eigenvalue weighted by Crippen LogP contribution is 2.28. The zero-order chi connectivity index (χ0) is 18.7. The van der Waals surface area contributed by atoms with E-state index in [9.17, 15) is 18.8 Å². The maximum Gasteiger partial charge on any atom is 0.272 e. The molecular formula is C18H15ClFN3O3. The highest BCUT2D eigenvalue weighted by molar-refractivity contribution is 6.31. The molecule has 1 fully saturated rings. The maximum atomic E-state index is 13.6. The van der Waals surface area contributed by atoms with Gasteiger partial charge in [-0.15, -0.1) is 0 Å². The molecule has 1 aliphatic rings. The lowest BCUT2D eigenvalue weighted by Gasteiger charge is -2.20. The fourth-order valence-electron chi connectivity index (χ4n) is 2.72. The van der Waals surface area contributed by atoms with Crippen molar-refractivity contribution in [2.24, 2.45) is 0 Å². The molecule has 0 atom stereocenters. The average molecular weight is 376 g/mol. The number of carbonyl (C=O) groups is 3. The number of hydrogen-bond donors (Lipinski definition) is 2. The van der Waals surface area contributed by atoms with Crippen LogP contribution in [0.5, 0.6) is 0 Å². The number of nitrogens with zero attached hydrogens (tertiary/aromatic N) is 1. The van der Waals surface area contributed by atoms with Crippen molar-refractivity contribution in [3.63, 3.8) is 0 Å². The van der Waals surface area contributed by atoms with Gasteiger partial charge in [-0.1, -0.05) is 23.7 Å². The van der Waals surface area contributed by atoms with Crippen LogP contribution in [0.2, 0.25) is 5.02 Å². The number of carbonyl (C=O) groups excluding carboxylic acids is 3. The van der Waals surface area contributed by atoms with Crippen LogP contribution in [0.15, 0.2) is 42.5 Å². The van der Waals surface area contributed by atoms with Gasteiger partial charge in [0.05, 0.1) is 16.8 Å². The molecule has 8 heteroatoms. The molecule has 0 unspecified atom stereocenters. The number of anilines is 1. The van der Waals surface area contributed by atoms with E-state index >= 15 is 0 Å². The lowest BCUT2D eigenvalue weighted by Crippen LogP contribution is -2.42. The second-order valence-electron chi connectivity index (χ2n) is 5.70. The molecule has 0 aromatic heterocycles. The Bertz CT molecular complexity index is 888. The van der Waals surface area contributed by atoms with Gasteiger partial charge in [0.15, 0.2) is 0 Å². The highest BCUT2D eigenvalue weighted by Gasteiger charge is 2.26. The monoisotopic (exact) mass is 375 g/mol. The van der Waals surface area contributed by atoms with E-state index < -0.39 is 17.6 Å². The fraction of sp³-hybridized carbons (Fsp3) is 0.167. The third-order valence-corrected chi connectivity index (χ3v) is 4.21. The molecule has 1 aliphatic heterocycles. The molecule has 134 valence electrons. The summed E-state index contributed by atoms with van der Waals surface area (Å²) in [7, 11) is 0. The number of hydrogen-bond acceptors (Lipinski definition) is 3. The molecule has 2 N–H and O–H groups in total. The first kappa shape index (κ1) is 17.9. The zero-order valence-electron chi connectivity index (χ0n) is 13.6. The van der Waals surface area contributed by atoms with Gasteiger partial charge >= 0.3 is 0 Å². The third-order valence-electron chi connectivity index (χ3n) is 3.98. The first-order valence-electron chi connectivity index (χ1n) is 7.92. The van der Waals surface area contributed by atoms with Crippen LogP contribution in [0.1, 0.15) is 33.6 Å². The summed E-state index contributed by atoms with van der Waals surface area (Å²) in [4.78, 5) is 37.9. The van der Waals surface area contributed by atoms with E-state index in [1.54, 1.807) is 0 Å². The summed E-state index contributed by atoms with van der Waals surface area (Å²) >= 11 is 5.99. The summed E-state index contributed by atoms with van der Waals surface area (Å²) in [5.74, 6) is -2.23. The van der Waals surface area contributed by atoms with E-state index in [2.05, 4.69) is 10.9 Å². The van der Waals surface area contributed by atoms with Gasteiger partial charge in [0, 0.05) is 18.0 Å². The number of rotatable bonds is 3. The predicted molar refractivity (Wildman–Crippen MR) is 94.4 cm³/mol. The SMILES string of the molecule is O=C(NNC(=O)c1ccc(Cl)cc1N1CCCC1=O)c1ccccc1F. The molecule has 3 rings (SSSR count). The van der Waals surface area contributed by atoms with E-state index in [0.717, 1.165) is 6.07 Å². The Hall–Kier alpha value is -2.93. The molecule has 26 heavy (non-hydrogen) atoms. The Morgan fingerprint density at radius 3 is 2.38 bits per heavy atom. The van der Waals surface area contributed by atoms with Gasteiger partial charge < -0.3 is 4.90 Å². The molecule has 2 aromatic rings. The Labute approximate surface area is 153 Å². The Morgan fingerprint density at radius 1 is 1.04 bits per heavy atom. The molecule has 1 saturated heterocycles. The Morgan fingerprint density at radius 2 is 1.73 bits per heavy atom. The molecule has 0 bridgehead atoms. The maximum absolute atomic E-state index is 13.6. The molecule has 0 radical (unpaired) electrons. The summed E-state index contributed by atoms with van der Waals surface area (Å²) in [6, 6.07) is 9.92. The van der Waals surface area contributed by atoms with Crippen molar-refractivity contribution < 1.29 is 18.8 Å². The minimum Gasteiger partial charge on any atom is -0.312 e. The standard InChI is InChI=1S/C18H15ClFN3O3/c19-11-7-8-13(15(10-11)23-9-3-6-16(23)24)18(26)22-21-17(25)12-4-1-2-5-14(12)20/h1-2,4-5,7-8,10H,3,6,9H2,(H,21,25)(H,22,26). The molecule has 0 spiro atoms. The van der Waals surface area contributed by atoms with E-state index in [1.807, 2.05) is 0 Å². The van der Waals surface area contributed by atoms with Gasteiger partial charge in [-0.3, -0.25) is 25.2 Å². The van der Waals surface area contributed by atoms with Gasteiger partial charge in [0.1, 0.15) is 5.82 Å². The molecular weight excluding hydrogens is 361 g/mol. The van der Waals surface area contributed by atoms with E-state index in [1.165, 1.54) is 41.3 Å². The second kappa shape index (κ2) is 7.53. The normalized spacial score (nSPS) is 13.6. The van der Waals surface area contributed by atoms with Crippen molar-refractivity contribution in [1.29, 1.82) is 0 Å². The minimum absolute atomic E-state index is 0.100. The second-order valence-corrected chi connectivity index (χ2v) is 6.13. The van der Waals surface area contributed by atoms with Gasteiger partial charge in [0.2, 0.25) is 5.91 Å². The predicted octanol–water partition coefficient (Wildman–Crippen LogP) is 2.68. The molecule has 6 nitrogen and oxygen atoms in total. The van der Waals surface area contributed by atoms with E-state index in [0.29, 0.717) is 30.1 Å². The Balaban J connectivity index is 1.77. The van der Waals surface area contributed by atoms with Crippen molar-refractivity contribution in [2.45, 2.75) is 12.8 Å². The van der Waals surface area contributed by atoms with Crippen molar-refractivity contribution in [3.8, 4) is 0 Å². The minimum atomic E-state index is -0.788. The third kappa shape index (κ3) is 3.67. The number of nitrogens with one attached hydrogen (secondary N) is 2. The summed E-state index contributed by atoms with van der Waals surface area (Å²) in [6.45, 7) is 0.487. The molecule has 0 aliphatic carbocycles. The molecule has 3 amide bonds. The van der Waals surface area contributed by atoms with Crippen molar-refractivity contribution in [3.05, 3.63) is 64.4 Å². The smallest absolute Gasteiger partial charge is 0.272 e. The van der Waals surface area contributed by atoms with Gasteiger partial charge in [0.25, 0.3) is 11.8 Å². The average Bonchev–Trinajstić information content (AvgIpc) is 3.05. The number of hydrazine groups is 1. The number of benzene rings is 2. The zero-order valence-corrected chi connectivity index (χ0v) is 14.3. The van der Waals surface area contributed by atoms with Crippen molar-refractivity contribution >= 4 is 35.0 Å². The topological polar surface area (TPSA) is 78.5 Å². The fourth-order valence-corrected chi connectivity index (χ4v) is 2.88. The highest BCUT2D eigenvalue weighted by atomic mass is 35.5. The summed E-state index contributed by atoms with van der Waals surface area (Å²) in [6.07, 6.45) is 1.09. The first-order valence-corrected chi connectivity index (χ1v) is 8.30. The summed E-state index contributed by atoms with van der Waals surface area (Å²) in [5.41, 5.74) is 4.76. The molecule has 2 aromatic carbocycles. The number of halogens is 2. The van der Waals surface area contributed by atoms with E-state index in [-0.39, 0.29) is 17.0 Å². The van der Waals surface area contributed by atoms with Crippen LogP contribution in [-0.4, -0.2) is 24.3 Å². The van der Waals surface area contributed by atoms with Crippen LogP contribution >= 0.6 is 11.6 Å². The van der Waals surface area contributed by atoms with Gasteiger partial charge in [-0.2, -0.15) is 0 Å². The van der Waals surface area contributed by atoms with Gasteiger partial charge in [-0.05, 0) is 36.8 Å². The lowest BCUT2D eigenvalue weighted by atomic mass is 10.1. The Kier molecular flexibility index (Phi) is 5.18. The van der Waals surface area contributed by atoms with Gasteiger partial charge in [-0.25, -0.2) is 4.39 Å². The van der Waals surface area contributed by atoms with Crippen LogP contribution in [0.4, 0.5) is 10.1 Å². The molecule has 1 heterocycles.